The summed E-state index contributed by atoms with van der Waals surface area (Å²) < 4.78 is 1.85. The predicted molar refractivity (Wildman–Crippen MR) is 95.9 cm³/mol. The van der Waals surface area contributed by atoms with E-state index in [1.54, 1.807) is 6.33 Å². The molecule has 7 nitrogen and oxygen atoms in total. The summed E-state index contributed by atoms with van der Waals surface area (Å²) in [6.07, 6.45) is 4.02. The van der Waals surface area contributed by atoms with Crippen LogP contribution in [0.3, 0.4) is 0 Å². The third kappa shape index (κ3) is 6.58. The molecule has 1 amide bonds. The molecule has 0 aliphatic rings. The molecule has 8 heteroatoms. The summed E-state index contributed by atoms with van der Waals surface area (Å²) in [5.41, 5.74) is 2.13. The molecule has 0 unspecified atom stereocenters. The fraction of sp³-hybridized carbons (Fsp3) is 0.412. The molecule has 0 saturated heterocycles. The molecule has 2 N–H and O–H groups in total. The number of carboxylic acids is 1. The van der Waals surface area contributed by atoms with Crippen molar-refractivity contribution in [2.24, 2.45) is 0 Å². The minimum atomic E-state index is -0.780. The summed E-state index contributed by atoms with van der Waals surface area (Å²) in [6.45, 7) is 2.58. The van der Waals surface area contributed by atoms with Gasteiger partial charge < -0.3 is 10.4 Å². The number of aliphatic carboxylic acids is 1. The predicted octanol–water partition coefficient (Wildman–Crippen LogP) is 2.43. The molecule has 0 saturated carbocycles. The van der Waals surface area contributed by atoms with E-state index >= 15 is 0 Å². The van der Waals surface area contributed by atoms with Gasteiger partial charge in [0, 0.05) is 18.7 Å². The second-order valence-electron chi connectivity index (χ2n) is 5.66. The third-order valence-corrected chi connectivity index (χ3v) is 4.49. The Hall–Kier alpha value is -2.35. The van der Waals surface area contributed by atoms with Crippen LogP contribution in [0.15, 0.2) is 35.7 Å². The summed E-state index contributed by atoms with van der Waals surface area (Å²) in [5, 5.41) is 20.0. The van der Waals surface area contributed by atoms with Crippen molar-refractivity contribution in [2.45, 2.75) is 37.8 Å². The van der Waals surface area contributed by atoms with Gasteiger partial charge in [-0.3, -0.25) is 14.2 Å². The molecule has 1 aromatic carbocycles. The molecule has 2 rings (SSSR count). The van der Waals surface area contributed by atoms with Crippen molar-refractivity contribution < 1.29 is 14.7 Å². The molecule has 2 aromatic rings. The first kappa shape index (κ1) is 19.0. The van der Waals surface area contributed by atoms with E-state index in [9.17, 15) is 9.59 Å². The van der Waals surface area contributed by atoms with Gasteiger partial charge in [-0.15, -0.1) is 10.2 Å². The number of amides is 1. The van der Waals surface area contributed by atoms with Gasteiger partial charge in [-0.2, -0.15) is 0 Å². The number of carbonyl (C=O) groups is 2. The van der Waals surface area contributed by atoms with Crippen LogP contribution >= 0.6 is 11.8 Å². The van der Waals surface area contributed by atoms with Gasteiger partial charge in [0.05, 0.1) is 5.75 Å². The van der Waals surface area contributed by atoms with Gasteiger partial charge in [0.15, 0.2) is 5.16 Å². The maximum absolute atomic E-state index is 11.9. The van der Waals surface area contributed by atoms with Crippen LogP contribution in [-0.2, 0) is 9.59 Å². The van der Waals surface area contributed by atoms with E-state index in [-0.39, 0.29) is 18.1 Å². The van der Waals surface area contributed by atoms with Crippen molar-refractivity contribution in [3.63, 3.8) is 0 Å². The molecule has 0 bridgehead atoms. The fourth-order valence-electron chi connectivity index (χ4n) is 2.19. The normalized spacial score (nSPS) is 10.6. The van der Waals surface area contributed by atoms with Gasteiger partial charge >= 0.3 is 5.97 Å². The summed E-state index contributed by atoms with van der Waals surface area (Å²) in [4.78, 5) is 22.3. The highest BCUT2D eigenvalue weighted by Gasteiger charge is 2.10. The molecule has 1 aromatic heterocycles. The fourth-order valence-corrected chi connectivity index (χ4v) is 2.95. The smallest absolute Gasteiger partial charge is 0.303 e. The van der Waals surface area contributed by atoms with E-state index in [1.165, 1.54) is 17.3 Å². The number of thioether (sulfide) groups is 1. The third-order valence-electron chi connectivity index (χ3n) is 3.55. The molecular formula is C17H22N4O3S. The lowest BCUT2D eigenvalue weighted by Gasteiger charge is -2.07. The average Bonchev–Trinajstić information content (AvgIpc) is 3.05. The molecule has 0 fully saturated rings. The number of hydrogen-bond donors (Lipinski definition) is 2. The number of hydrogen-bond acceptors (Lipinski definition) is 5. The molecular weight excluding hydrogens is 340 g/mol. The maximum Gasteiger partial charge on any atom is 0.303 e. The number of unbranched alkanes of at least 4 members (excludes halogenated alkanes) is 2. The summed E-state index contributed by atoms with van der Waals surface area (Å²) in [7, 11) is 0. The van der Waals surface area contributed by atoms with Crippen LogP contribution in [0, 0.1) is 6.92 Å². The molecule has 134 valence electrons. The lowest BCUT2D eigenvalue weighted by atomic mass is 10.2. The average molecular weight is 362 g/mol. The van der Waals surface area contributed by atoms with Gasteiger partial charge in [-0.25, -0.2) is 0 Å². The van der Waals surface area contributed by atoms with Crippen molar-refractivity contribution in [1.29, 1.82) is 0 Å². The minimum Gasteiger partial charge on any atom is -0.481 e. The Labute approximate surface area is 150 Å². The first-order chi connectivity index (χ1) is 12.1. The molecule has 0 aliphatic heterocycles. The van der Waals surface area contributed by atoms with Crippen molar-refractivity contribution in [2.75, 3.05) is 12.3 Å². The lowest BCUT2D eigenvalue weighted by molar-refractivity contribution is -0.137. The Morgan fingerprint density at radius 3 is 2.68 bits per heavy atom. The molecule has 0 spiro atoms. The number of nitrogens with zero attached hydrogens (tertiary/aromatic N) is 3. The van der Waals surface area contributed by atoms with Crippen LogP contribution in [0.5, 0.6) is 0 Å². The highest BCUT2D eigenvalue weighted by atomic mass is 32.2. The van der Waals surface area contributed by atoms with Crippen LogP contribution in [0.1, 0.15) is 31.2 Å². The van der Waals surface area contributed by atoms with E-state index in [0.717, 1.165) is 18.5 Å². The van der Waals surface area contributed by atoms with E-state index < -0.39 is 5.97 Å². The van der Waals surface area contributed by atoms with E-state index in [4.69, 9.17) is 5.11 Å². The van der Waals surface area contributed by atoms with E-state index in [2.05, 4.69) is 15.5 Å². The summed E-state index contributed by atoms with van der Waals surface area (Å²) in [6, 6.07) is 8.00. The van der Waals surface area contributed by atoms with Crippen LogP contribution in [0.25, 0.3) is 5.69 Å². The standard InChI is InChI=1S/C17H22N4O3S/c1-13-6-8-14(9-7-13)21-12-19-20-17(21)25-11-15(22)18-10-4-2-3-5-16(23)24/h6-9,12H,2-5,10-11H2,1H3,(H,18,22)(H,23,24). The number of carbonyl (C=O) groups excluding carboxylic acids is 1. The van der Waals surface area contributed by atoms with Crippen molar-refractivity contribution in [3.05, 3.63) is 36.2 Å². The summed E-state index contributed by atoms with van der Waals surface area (Å²) >= 11 is 1.33. The molecule has 1 heterocycles. The molecule has 25 heavy (non-hydrogen) atoms. The zero-order valence-corrected chi connectivity index (χ0v) is 15.0. The topological polar surface area (TPSA) is 97.1 Å². The zero-order valence-electron chi connectivity index (χ0n) is 14.1. The minimum absolute atomic E-state index is 0.0679. The number of rotatable bonds is 10. The zero-order chi connectivity index (χ0) is 18.1. The largest absolute Gasteiger partial charge is 0.481 e. The molecule has 0 atom stereocenters. The Morgan fingerprint density at radius 1 is 1.20 bits per heavy atom. The van der Waals surface area contributed by atoms with E-state index in [0.29, 0.717) is 18.1 Å². The highest BCUT2D eigenvalue weighted by Crippen LogP contribution is 2.19. The lowest BCUT2D eigenvalue weighted by Crippen LogP contribution is -2.26. The Balaban J connectivity index is 1.73. The van der Waals surface area contributed by atoms with Gasteiger partial charge in [0.2, 0.25) is 5.91 Å². The number of nitrogens with one attached hydrogen (secondary N) is 1. The Kier molecular flexibility index (Phi) is 7.46. The Bertz CT molecular complexity index is 700. The van der Waals surface area contributed by atoms with Crippen molar-refractivity contribution in [1.82, 2.24) is 20.1 Å². The monoisotopic (exact) mass is 362 g/mol. The van der Waals surface area contributed by atoms with Gasteiger partial charge in [0.1, 0.15) is 6.33 Å². The first-order valence-electron chi connectivity index (χ1n) is 8.14. The molecule has 0 radical (unpaired) electrons. The van der Waals surface area contributed by atoms with Gasteiger partial charge in [-0.05, 0) is 31.9 Å². The van der Waals surface area contributed by atoms with Gasteiger partial charge in [-0.1, -0.05) is 35.9 Å². The first-order valence-corrected chi connectivity index (χ1v) is 9.13. The quantitative estimate of drug-likeness (QED) is 0.498. The van der Waals surface area contributed by atoms with Crippen LogP contribution in [0.2, 0.25) is 0 Å². The van der Waals surface area contributed by atoms with E-state index in [1.807, 2.05) is 35.8 Å². The van der Waals surface area contributed by atoms with Crippen molar-refractivity contribution >= 4 is 23.6 Å². The molecule has 0 aliphatic carbocycles. The van der Waals surface area contributed by atoms with Gasteiger partial charge in [0.25, 0.3) is 0 Å². The maximum atomic E-state index is 11.9. The number of aryl methyl sites for hydroxylation is 1. The van der Waals surface area contributed by atoms with Crippen LogP contribution in [0.4, 0.5) is 0 Å². The second-order valence-corrected chi connectivity index (χ2v) is 6.60. The SMILES string of the molecule is Cc1ccc(-n2cnnc2SCC(=O)NCCCCCC(=O)O)cc1. The number of aromatic nitrogens is 3. The Morgan fingerprint density at radius 2 is 1.96 bits per heavy atom. The highest BCUT2D eigenvalue weighted by molar-refractivity contribution is 7.99. The van der Waals surface area contributed by atoms with Crippen LogP contribution in [-0.4, -0.2) is 44.0 Å². The van der Waals surface area contributed by atoms with Crippen molar-refractivity contribution in [3.8, 4) is 5.69 Å². The van der Waals surface area contributed by atoms with Crippen LogP contribution < -0.4 is 5.32 Å². The second kappa shape index (κ2) is 9.83. The number of benzene rings is 1. The summed E-state index contributed by atoms with van der Waals surface area (Å²) in [5.74, 6) is -0.584. The number of carboxylic acid groups (broad SMARTS) is 1.